The molecule has 0 unspecified atom stereocenters. The van der Waals surface area contributed by atoms with E-state index in [-0.39, 0.29) is 22.2 Å². The Hall–Kier alpha value is -2.90. The van der Waals surface area contributed by atoms with Crippen LogP contribution in [0, 0.1) is 10.1 Å². The highest BCUT2D eigenvalue weighted by atomic mass is 35.5. The molecule has 0 N–H and O–H groups in total. The van der Waals surface area contributed by atoms with E-state index in [0.717, 1.165) is 12.1 Å². The molecular formula is C16H7Cl2N2O5-. The van der Waals surface area contributed by atoms with Gasteiger partial charge in [-0.25, -0.2) is 9.79 Å². The first-order chi connectivity index (χ1) is 11.9. The van der Waals surface area contributed by atoms with Gasteiger partial charge in [0.2, 0.25) is 5.90 Å². The number of para-hydroxylation sites is 1. The zero-order chi connectivity index (χ0) is 18.1. The highest BCUT2D eigenvalue weighted by molar-refractivity contribution is 6.37. The summed E-state index contributed by atoms with van der Waals surface area (Å²) in [5, 5.41) is 23.5. The lowest BCUT2D eigenvalue weighted by Gasteiger charge is -2.09. The zero-order valence-electron chi connectivity index (χ0n) is 12.2. The molecule has 2 aromatic rings. The summed E-state index contributed by atoms with van der Waals surface area (Å²) in [6.45, 7) is 0. The lowest BCUT2D eigenvalue weighted by atomic mass is 10.1. The van der Waals surface area contributed by atoms with Gasteiger partial charge in [0.25, 0.3) is 5.69 Å². The van der Waals surface area contributed by atoms with Gasteiger partial charge in [0, 0.05) is 11.1 Å². The lowest BCUT2D eigenvalue weighted by molar-refractivity contribution is -0.398. The maximum absolute atomic E-state index is 12.0. The van der Waals surface area contributed by atoms with Gasteiger partial charge in [-0.1, -0.05) is 35.3 Å². The van der Waals surface area contributed by atoms with Crippen LogP contribution < -0.4 is 5.11 Å². The highest BCUT2D eigenvalue weighted by Crippen LogP contribution is 2.30. The Morgan fingerprint density at radius 3 is 2.64 bits per heavy atom. The monoisotopic (exact) mass is 377 g/mol. The summed E-state index contributed by atoms with van der Waals surface area (Å²) < 4.78 is 5.05. The molecule has 2 aromatic carbocycles. The summed E-state index contributed by atoms with van der Waals surface area (Å²) in [5.41, 5.74) is -0.457. The maximum atomic E-state index is 12.0. The van der Waals surface area contributed by atoms with Crippen molar-refractivity contribution >= 4 is 46.8 Å². The molecule has 0 radical (unpaired) electrons. The Morgan fingerprint density at radius 1 is 1.20 bits per heavy atom. The normalized spacial score (nSPS) is 15.2. The first-order valence-electron chi connectivity index (χ1n) is 6.79. The van der Waals surface area contributed by atoms with E-state index in [1.807, 2.05) is 0 Å². The van der Waals surface area contributed by atoms with E-state index in [1.165, 1.54) is 24.3 Å². The van der Waals surface area contributed by atoms with Gasteiger partial charge in [-0.2, -0.15) is 0 Å². The van der Waals surface area contributed by atoms with Gasteiger partial charge < -0.3 is 9.84 Å². The van der Waals surface area contributed by atoms with Crippen molar-refractivity contribution < 1.29 is 19.6 Å². The minimum atomic E-state index is -0.819. The third kappa shape index (κ3) is 3.33. The molecule has 0 aromatic heterocycles. The van der Waals surface area contributed by atoms with Gasteiger partial charge in [0.05, 0.1) is 15.5 Å². The highest BCUT2D eigenvalue weighted by Gasteiger charge is 2.26. The van der Waals surface area contributed by atoms with Crippen LogP contribution in [0.3, 0.4) is 0 Å². The number of benzene rings is 2. The van der Waals surface area contributed by atoms with Crippen LogP contribution in [0.2, 0.25) is 10.0 Å². The molecule has 126 valence electrons. The predicted octanol–water partition coefficient (Wildman–Crippen LogP) is 3.32. The van der Waals surface area contributed by atoms with E-state index in [2.05, 4.69) is 4.99 Å². The van der Waals surface area contributed by atoms with Crippen molar-refractivity contribution in [1.82, 2.24) is 0 Å². The molecule has 9 heteroatoms. The molecule has 1 heterocycles. The van der Waals surface area contributed by atoms with Crippen LogP contribution >= 0.6 is 23.2 Å². The third-order valence-electron chi connectivity index (χ3n) is 3.30. The molecule has 25 heavy (non-hydrogen) atoms. The summed E-state index contributed by atoms with van der Waals surface area (Å²) in [6.07, 6.45) is 1.13. The van der Waals surface area contributed by atoms with Crippen molar-refractivity contribution in [2.24, 2.45) is 4.99 Å². The molecule has 0 aliphatic carbocycles. The molecule has 3 rings (SSSR count). The Bertz CT molecular complexity index is 969. The number of nitro groups is 1. The number of carbonyl (C=O) groups is 1. The largest absolute Gasteiger partial charge is 0.867 e. The van der Waals surface area contributed by atoms with Crippen molar-refractivity contribution in [3.8, 4) is 5.75 Å². The van der Waals surface area contributed by atoms with Gasteiger partial charge in [-0.05, 0) is 35.6 Å². The number of carbonyl (C=O) groups excluding carboxylic acids is 1. The van der Waals surface area contributed by atoms with Gasteiger partial charge >= 0.3 is 5.97 Å². The van der Waals surface area contributed by atoms with Gasteiger partial charge in [-0.15, -0.1) is 0 Å². The third-order valence-corrected chi connectivity index (χ3v) is 3.84. The van der Waals surface area contributed by atoms with Crippen LogP contribution in [0.25, 0.3) is 6.08 Å². The molecule has 0 bridgehead atoms. The standard InChI is InChI=1S/C16H8Cl2N2O5/c17-9-4-5-10(11(18)7-9)15-19-12(16(22)25-15)6-8-2-1-3-13(14(8)21)20(23)24/h1-7,21H/p-1/b12-6-. The SMILES string of the molecule is O=C1OC(c2ccc(Cl)cc2Cl)=N/C1=C\c1cccc([N+](=O)[O-])c1[O-]. The Kier molecular flexibility index (Phi) is 4.43. The van der Waals surface area contributed by atoms with Gasteiger partial charge in [0.15, 0.2) is 5.70 Å². The van der Waals surface area contributed by atoms with E-state index >= 15 is 0 Å². The Morgan fingerprint density at radius 2 is 1.96 bits per heavy atom. The number of esters is 1. The number of rotatable bonds is 3. The van der Waals surface area contributed by atoms with Crippen LogP contribution in [0.1, 0.15) is 11.1 Å². The number of nitro benzene ring substituents is 1. The van der Waals surface area contributed by atoms with Gasteiger partial charge in [-0.3, -0.25) is 10.1 Å². The molecule has 0 amide bonds. The number of aliphatic imine (C=N–C) groups is 1. The van der Waals surface area contributed by atoms with Crippen molar-refractivity contribution in [3.63, 3.8) is 0 Å². The van der Waals surface area contributed by atoms with Crippen LogP contribution in [0.4, 0.5) is 5.69 Å². The van der Waals surface area contributed by atoms with Gasteiger partial charge in [0.1, 0.15) is 0 Å². The van der Waals surface area contributed by atoms with E-state index in [4.69, 9.17) is 27.9 Å². The second-order valence-corrected chi connectivity index (χ2v) is 5.76. The number of nitrogens with zero attached hydrogens (tertiary/aromatic N) is 2. The smallest absolute Gasteiger partial charge is 0.363 e. The summed E-state index contributed by atoms with van der Waals surface area (Å²) in [5.74, 6) is -1.66. The molecule has 1 aliphatic rings. The van der Waals surface area contributed by atoms with Crippen LogP contribution in [0.15, 0.2) is 47.1 Å². The maximum Gasteiger partial charge on any atom is 0.363 e. The number of ether oxygens (including phenoxy) is 1. The number of hydrogen-bond acceptors (Lipinski definition) is 6. The minimum absolute atomic E-state index is 0.0456. The average molecular weight is 378 g/mol. The summed E-state index contributed by atoms with van der Waals surface area (Å²) in [6, 6.07) is 8.32. The first-order valence-corrected chi connectivity index (χ1v) is 7.55. The van der Waals surface area contributed by atoms with E-state index in [1.54, 1.807) is 6.07 Å². The molecule has 7 nitrogen and oxygen atoms in total. The lowest BCUT2D eigenvalue weighted by Crippen LogP contribution is -2.06. The predicted molar refractivity (Wildman–Crippen MR) is 89.6 cm³/mol. The van der Waals surface area contributed by atoms with E-state index < -0.39 is 22.3 Å². The topological polar surface area (TPSA) is 105 Å². The van der Waals surface area contributed by atoms with Crippen molar-refractivity contribution in [3.05, 3.63) is 73.4 Å². The molecule has 0 atom stereocenters. The fourth-order valence-corrected chi connectivity index (χ4v) is 2.62. The molecular weight excluding hydrogens is 371 g/mol. The Labute approximate surface area is 150 Å². The number of cyclic esters (lactones) is 1. The molecule has 1 aliphatic heterocycles. The Balaban J connectivity index is 2.02. The minimum Gasteiger partial charge on any atom is -0.867 e. The molecule has 0 saturated carbocycles. The fourth-order valence-electron chi connectivity index (χ4n) is 2.13. The van der Waals surface area contributed by atoms with Crippen LogP contribution in [0.5, 0.6) is 5.75 Å². The summed E-state index contributed by atoms with van der Waals surface area (Å²) in [7, 11) is 0. The molecule has 0 fully saturated rings. The summed E-state index contributed by atoms with van der Waals surface area (Å²) in [4.78, 5) is 26.0. The van der Waals surface area contributed by atoms with Crippen LogP contribution in [-0.2, 0) is 9.53 Å². The van der Waals surface area contributed by atoms with Crippen molar-refractivity contribution in [2.45, 2.75) is 0 Å². The summed E-state index contributed by atoms with van der Waals surface area (Å²) >= 11 is 11.9. The number of halogens is 2. The van der Waals surface area contributed by atoms with Crippen LogP contribution in [-0.4, -0.2) is 16.8 Å². The number of hydrogen-bond donors (Lipinski definition) is 0. The average Bonchev–Trinajstić information content (AvgIpc) is 2.89. The molecule has 0 saturated heterocycles. The van der Waals surface area contributed by atoms with Crippen molar-refractivity contribution in [2.75, 3.05) is 0 Å². The quantitative estimate of drug-likeness (QED) is 0.353. The van der Waals surface area contributed by atoms with E-state index in [0.29, 0.717) is 10.6 Å². The second kappa shape index (κ2) is 6.54. The van der Waals surface area contributed by atoms with E-state index in [9.17, 15) is 20.0 Å². The zero-order valence-corrected chi connectivity index (χ0v) is 13.7. The van der Waals surface area contributed by atoms with Crippen molar-refractivity contribution in [1.29, 1.82) is 0 Å². The first kappa shape index (κ1) is 16.9. The second-order valence-electron chi connectivity index (χ2n) is 4.91. The fraction of sp³-hybridized carbons (Fsp3) is 0. The molecule has 0 spiro atoms.